The topological polar surface area (TPSA) is 67.2 Å². The summed E-state index contributed by atoms with van der Waals surface area (Å²) in [6.07, 6.45) is 7.11. The summed E-state index contributed by atoms with van der Waals surface area (Å²) < 4.78 is 1.71. The molecule has 2 saturated heterocycles. The van der Waals surface area contributed by atoms with Crippen LogP contribution in [0.15, 0.2) is 10.9 Å². The van der Waals surface area contributed by atoms with Crippen LogP contribution in [0, 0.1) is 11.8 Å². The fourth-order valence-electron chi connectivity index (χ4n) is 4.47. The van der Waals surface area contributed by atoms with Gasteiger partial charge in [0.05, 0.1) is 5.69 Å². The predicted octanol–water partition coefficient (Wildman–Crippen LogP) is 0.970. The molecule has 1 unspecified atom stereocenters. The first-order valence-corrected chi connectivity index (χ1v) is 9.76. The number of carbonyl (C=O) groups excluding carboxylic acids is 1. The number of hydrogen-bond donors (Lipinski definition) is 1. The third kappa shape index (κ3) is 3.94. The molecule has 136 valence electrons. The fourth-order valence-corrected chi connectivity index (χ4v) is 4.47. The predicted molar refractivity (Wildman–Crippen MR) is 95.4 cm³/mol. The Morgan fingerprint density at radius 3 is 2.64 bits per heavy atom. The van der Waals surface area contributed by atoms with Gasteiger partial charge in [-0.1, -0.05) is 0 Å². The molecule has 0 radical (unpaired) electrons. The average Bonchev–Trinajstić information content (AvgIpc) is 3.06. The Morgan fingerprint density at radius 1 is 1.04 bits per heavy atom. The molecule has 3 aliphatic rings. The van der Waals surface area contributed by atoms with Gasteiger partial charge in [0.2, 0.25) is 5.91 Å². The van der Waals surface area contributed by atoms with E-state index in [1.54, 1.807) is 4.68 Å². The number of aryl methyl sites for hydroxylation is 2. The number of rotatable bonds is 4. The molecule has 1 aliphatic carbocycles. The second kappa shape index (κ2) is 7.28. The van der Waals surface area contributed by atoms with Crippen LogP contribution in [-0.4, -0.2) is 46.8 Å². The number of amides is 1. The third-order valence-corrected chi connectivity index (χ3v) is 6.05. The highest BCUT2D eigenvalue weighted by Crippen LogP contribution is 2.22. The zero-order chi connectivity index (χ0) is 17.2. The number of fused-ring (bicyclic) bond motifs is 1. The Labute approximate surface area is 148 Å². The minimum absolute atomic E-state index is 0.0704. The minimum Gasteiger partial charge on any atom is -0.356 e. The number of carbonyl (C=O) groups is 1. The van der Waals surface area contributed by atoms with Gasteiger partial charge >= 0.3 is 0 Å². The van der Waals surface area contributed by atoms with Crippen molar-refractivity contribution >= 4 is 5.91 Å². The van der Waals surface area contributed by atoms with Crippen molar-refractivity contribution in [2.45, 2.75) is 51.5 Å². The lowest BCUT2D eigenvalue weighted by Gasteiger charge is -2.35. The van der Waals surface area contributed by atoms with E-state index < -0.39 is 0 Å². The van der Waals surface area contributed by atoms with Crippen LogP contribution in [-0.2, 0) is 24.2 Å². The van der Waals surface area contributed by atoms with Crippen molar-refractivity contribution in [1.29, 1.82) is 0 Å². The monoisotopic (exact) mass is 344 g/mol. The van der Waals surface area contributed by atoms with Crippen molar-refractivity contribution in [1.82, 2.24) is 20.0 Å². The molecule has 0 saturated carbocycles. The molecule has 2 fully saturated rings. The molecule has 0 spiro atoms. The minimum atomic E-state index is 0.0704. The SMILES string of the molecule is O=C1CCC(CN2CCC(Cn3nc4c(cc3=O)CCC4)CC2)CN1. The molecule has 2 aliphatic heterocycles. The molecular formula is C19H28N4O2. The Bertz CT molecular complexity index is 681. The highest BCUT2D eigenvalue weighted by Gasteiger charge is 2.25. The van der Waals surface area contributed by atoms with Crippen LogP contribution < -0.4 is 10.9 Å². The van der Waals surface area contributed by atoms with Gasteiger partial charge in [0, 0.05) is 32.1 Å². The summed E-state index contributed by atoms with van der Waals surface area (Å²) in [4.78, 5) is 26.0. The Balaban J connectivity index is 1.28. The van der Waals surface area contributed by atoms with Gasteiger partial charge in [0.25, 0.3) is 5.56 Å². The summed E-state index contributed by atoms with van der Waals surface area (Å²) >= 11 is 0. The Kier molecular flexibility index (Phi) is 4.88. The van der Waals surface area contributed by atoms with Crippen molar-refractivity contribution in [3.63, 3.8) is 0 Å². The molecule has 1 aromatic rings. The van der Waals surface area contributed by atoms with E-state index in [0.717, 1.165) is 82.5 Å². The highest BCUT2D eigenvalue weighted by atomic mass is 16.1. The summed E-state index contributed by atoms with van der Waals surface area (Å²) in [5.41, 5.74) is 2.37. The summed E-state index contributed by atoms with van der Waals surface area (Å²) in [6.45, 7) is 4.86. The number of likely N-dealkylation sites (tertiary alicyclic amines) is 1. The van der Waals surface area contributed by atoms with Crippen LogP contribution in [0.2, 0.25) is 0 Å². The van der Waals surface area contributed by atoms with Gasteiger partial charge in [-0.2, -0.15) is 5.10 Å². The maximum atomic E-state index is 12.3. The van der Waals surface area contributed by atoms with Gasteiger partial charge < -0.3 is 10.2 Å². The van der Waals surface area contributed by atoms with Crippen molar-refractivity contribution in [2.24, 2.45) is 11.8 Å². The lowest BCUT2D eigenvalue weighted by Crippen LogP contribution is -2.44. The quantitative estimate of drug-likeness (QED) is 0.884. The molecule has 0 aromatic carbocycles. The molecule has 6 nitrogen and oxygen atoms in total. The van der Waals surface area contributed by atoms with Crippen LogP contribution in [0.3, 0.4) is 0 Å². The molecule has 1 atom stereocenters. The lowest BCUT2D eigenvalue weighted by molar-refractivity contribution is -0.123. The first-order valence-electron chi connectivity index (χ1n) is 9.76. The van der Waals surface area contributed by atoms with Gasteiger partial charge in [-0.15, -0.1) is 0 Å². The van der Waals surface area contributed by atoms with Gasteiger partial charge in [0.15, 0.2) is 0 Å². The first kappa shape index (κ1) is 16.8. The van der Waals surface area contributed by atoms with Crippen molar-refractivity contribution in [2.75, 3.05) is 26.2 Å². The van der Waals surface area contributed by atoms with E-state index in [1.807, 2.05) is 6.07 Å². The maximum Gasteiger partial charge on any atom is 0.267 e. The maximum absolute atomic E-state index is 12.3. The zero-order valence-corrected chi connectivity index (χ0v) is 14.9. The van der Waals surface area contributed by atoms with Gasteiger partial charge in [0.1, 0.15) is 0 Å². The number of aromatic nitrogens is 2. The van der Waals surface area contributed by atoms with Crippen LogP contribution >= 0.6 is 0 Å². The molecule has 1 amide bonds. The Morgan fingerprint density at radius 2 is 1.88 bits per heavy atom. The number of nitrogens with one attached hydrogen (secondary N) is 1. The van der Waals surface area contributed by atoms with E-state index in [9.17, 15) is 9.59 Å². The second-order valence-electron chi connectivity index (χ2n) is 7.94. The molecule has 0 bridgehead atoms. The molecule has 1 N–H and O–H groups in total. The van der Waals surface area contributed by atoms with E-state index in [0.29, 0.717) is 18.3 Å². The average molecular weight is 344 g/mol. The van der Waals surface area contributed by atoms with Crippen molar-refractivity contribution in [3.05, 3.63) is 27.7 Å². The summed E-state index contributed by atoms with van der Waals surface area (Å²) in [5.74, 6) is 1.34. The van der Waals surface area contributed by atoms with E-state index in [-0.39, 0.29) is 11.5 Å². The van der Waals surface area contributed by atoms with Crippen LogP contribution in [0.4, 0.5) is 0 Å². The summed E-state index contributed by atoms with van der Waals surface area (Å²) in [5, 5.41) is 7.59. The number of hydrogen-bond acceptors (Lipinski definition) is 4. The number of nitrogens with zero attached hydrogens (tertiary/aromatic N) is 3. The largest absolute Gasteiger partial charge is 0.356 e. The van der Waals surface area contributed by atoms with Gasteiger partial charge in [-0.3, -0.25) is 9.59 Å². The standard InChI is InChI=1S/C19H28N4O2/c24-18-5-4-15(11-20-18)12-22-8-6-14(7-9-22)13-23-19(25)10-16-2-1-3-17(16)21-23/h10,14-15H,1-9,11-13H2,(H,20,24). The summed E-state index contributed by atoms with van der Waals surface area (Å²) in [6, 6.07) is 1.81. The molecule has 1 aromatic heterocycles. The third-order valence-electron chi connectivity index (χ3n) is 6.05. The second-order valence-corrected chi connectivity index (χ2v) is 7.94. The molecule has 6 heteroatoms. The van der Waals surface area contributed by atoms with Crippen molar-refractivity contribution < 1.29 is 4.79 Å². The van der Waals surface area contributed by atoms with Crippen LogP contribution in [0.25, 0.3) is 0 Å². The molecule has 3 heterocycles. The van der Waals surface area contributed by atoms with Crippen LogP contribution in [0.1, 0.15) is 43.4 Å². The fraction of sp³-hybridized carbons (Fsp3) is 0.737. The molecule has 25 heavy (non-hydrogen) atoms. The molecular weight excluding hydrogens is 316 g/mol. The Hall–Kier alpha value is -1.69. The van der Waals surface area contributed by atoms with Crippen molar-refractivity contribution in [3.8, 4) is 0 Å². The number of piperidine rings is 2. The van der Waals surface area contributed by atoms with E-state index in [4.69, 9.17) is 0 Å². The molecule has 4 rings (SSSR count). The van der Waals surface area contributed by atoms with E-state index in [1.165, 1.54) is 0 Å². The van der Waals surface area contributed by atoms with E-state index >= 15 is 0 Å². The summed E-state index contributed by atoms with van der Waals surface area (Å²) in [7, 11) is 0. The first-order chi connectivity index (χ1) is 12.2. The zero-order valence-electron chi connectivity index (χ0n) is 14.9. The normalized spacial score (nSPS) is 25.0. The van der Waals surface area contributed by atoms with Gasteiger partial charge in [-0.05, 0) is 69.0 Å². The van der Waals surface area contributed by atoms with Crippen LogP contribution in [0.5, 0.6) is 0 Å². The lowest BCUT2D eigenvalue weighted by atomic mass is 9.94. The smallest absolute Gasteiger partial charge is 0.267 e. The highest BCUT2D eigenvalue weighted by molar-refractivity contribution is 5.76. The van der Waals surface area contributed by atoms with Gasteiger partial charge in [-0.25, -0.2) is 4.68 Å². The van der Waals surface area contributed by atoms with E-state index in [2.05, 4.69) is 15.3 Å².